The lowest BCUT2D eigenvalue weighted by molar-refractivity contribution is -0.659. The number of nitrogens with zero attached hydrogens (tertiary/aromatic N) is 2. The van der Waals surface area contributed by atoms with Gasteiger partial charge >= 0.3 is 0 Å². The van der Waals surface area contributed by atoms with E-state index in [9.17, 15) is 0 Å². The van der Waals surface area contributed by atoms with E-state index in [4.69, 9.17) is 5.26 Å². The Hall–Kier alpha value is -3.44. The van der Waals surface area contributed by atoms with Crippen LogP contribution in [0.25, 0.3) is 33.2 Å². The van der Waals surface area contributed by atoms with Gasteiger partial charge in [0.25, 0.3) is 0 Å². The highest BCUT2D eigenvalue weighted by Crippen LogP contribution is 2.31. The summed E-state index contributed by atoms with van der Waals surface area (Å²) in [6.07, 6.45) is 2.06. The fourth-order valence-corrected chi connectivity index (χ4v) is 3.52. The molecule has 1 heterocycles. The molecule has 124 valence electrons. The van der Waals surface area contributed by atoms with Crippen molar-refractivity contribution in [2.24, 2.45) is 7.05 Å². The van der Waals surface area contributed by atoms with Crippen molar-refractivity contribution >= 4 is 10.8 Å². The standard InChI is InChI=1S/C24H19N2/c1-17-14-20(19-6-4-3-5-7-19)9-11-22(17)24-23-10-8-18(16-25)15-21(23)12-13-26(24)2/h3-15H,1-2H3/q+1. The highest BCUT2D eigenvalue weighted by atomic mass is 14.9. The monoisotopic (exact) mass is 335 g/mol. The van der Waals surface area contributed by atoms with Gasteiger partial charge in [0.2, 0.25) is 5.69 Å². The van der Waals surface area contributed by atoms with E-state index >= 15 is 0 Å². The number of rotatable bonds is 2. The maximum absolute atomic E-state index is 9.17. The molecule has 0 bridgehead atoms. The van der Waals surface area contributed by atoms with Crippen LogP contribution in [0, 0.1) is 18.3 Å². The van der Waals surface area contributed by atoms with Gasteiger partial charge in [-0.05, 0) is 53.3 Å². The van der Waals surface area contributed by atoms with Gasteiger partial charge in [0.05, 0.1) is 17.0 Å². The topological polar surface area (TPSA) is 27.7 Å². The van der Waals surface area contributed by atoms with Gasteiger partial charge in [0.15, 0.2) is 6.20 Å². The molecule has 0 saturated carbocycles. The second-order valence-corrected chi connectivity index (χ2v) is 6.58. The molecular formula is C24H19N2+. The fourth-order valence-electron chi connectivity index (χ4n) is 3.52. The summed E-state index contributed by atoms with van der Waals surface area (Å²) in [4.78, 5) is 0. The van der Waals surface area contributed by atoms with Crippen LogP contribution in [0.2, 0.25) is 0 Å². The molecule has 0 aliphatic heterocycles. The number of benzene rings is 3. The second kappa shape index (κ2) is 6.46. The normalized spacial score (nSPS) is 10.7. The van der Waals surface area contributed by atoms with Crippen LogP contribution < -0.4 is 4.57 Å². The molecule has 1 aromatic heterocycles. The molecule has 2 heteroatoms. The van der Waals surface area contributed by atoms with Gasteiger partial charge in [-0.2, -0.15) is 5.26 Å². The molecule has 0 saturated heterocycles. The first-order valence-electron chi connectivity index (χ1n) is 8.66. The summed E-state index contributed by atoms with van der Waals surface area (Å²) in [6.45, 7) is 2.16. The first-order chi connectivity index (χ1) is 12.7. The highest BCUT2D eigenvalue weighted by Gasteiger charge is 2.17. The molecule has 0 aliphatic carbocycles. The quantitative estimate of drug-likeness (QED) is 0.464. The summed E-state index contributed by atoms with van der Waals surface area (Å²) in [5.74, 6) is 0. The number of aryl methyl sites for hydroxylation is 2. The molecule has 0 spiro atoms. The van der Waals surface area contributed by atoms with Crippen molar-refractivity contribution in [2.75, 3.05) is 0 Å². The maximum Gasteiger partial charge on any atom is 0.220 e. The number of fused-ring (bicyclic) bond motifs is 1. The minimum Gasteiger partial charge on any atom is -0.200 e. The van der Waals surface area contributed by atoms with Gasteiger partial charge in [-0.25, -0.2) is 4.57 Å². The van der Waals surface area contributed by atoms with E-state index in [0.717, 1.165) is 10.8 Å². The maximum atomic E-state index is 9.17. The summed E-state index contributed by atoms with van der Waals surface area (Å²) in [7, 11) is 2.07. The molecule has 4 rings (SSSR count). The van der Waals surface area contributed by atoms with Crippen LogP contribution in [-0.4, -0.2) is 0 Å². The van der Waals surface area contributed by atoms with Crippen LogP contribution in [0.1, 0.15) is 11.1 Å². The van der Waals surface area contributed by atoms with E-state index in [1.54, 1.807) is 0 Å². The van der Waals surface area contributed by atoms with E-state index in [1.165, 1.54) is 27.9 Å². The third-order valence-corrected chi connectivity index (χ3v) is 4.85. The Kier molecular flexibility index (Phi) is 3.99. The third-order valence-electron chi connectivity index (χ3n) is 4.85. The lowest BCUT2D eigenvalue weighted by Gasteiger charge is -2.10. The lowest BCUT2D eigenvalue weighted by atomic mass is 9.95. The van der Waals surface area contributed by atoms with Gasteiger partial charge < -0.3 is 0 Å². The zero-order valence-corrected chi connectivity index (χ0v) is 14.9. The van der Waals surface area contributed by atoms with Crippen LogP contribution >= 0.6 is 0 Å². The molecule has 0 fully saturated rings. The Balaban J connectivity index is 1.90. The zero-order chi connectivity index (χ0) is 18.1. The molecule has 0 unspecified atom stereocenters. The molecule has 0 N–H and O–H groups in total. The number of hydrogen-bond donors (Lipinski definition) is 0. The van der Waals surface area contributed by atoms with Crippen LogP contribution in [0.3, 0.4) is 0 Å². The fraction of sp³-hybridized carbons (Fsp3) is 0.0833. The van der Waals surface area contributed by atoms with Crippen molar-refractivity contribution in [2.45, 2.75) is 6.92 Å². The molecule has 4 aromatic rings. The van der Waals surface area contributed by atoms with Crippen LogP contribution in [0.15, 0.2) is 79.0 Å². The van der Waals surface area contributed by atoms with Crippen LogP contribution in [0.5, 0.6) is 0 Å². The highest BCUT2D eigenvalue weighted by molar-refractivity contribution is 5.94. The van der Waals surface area contributed by atoms with Gasteiger partial charge in [-0.3, -0.25) is 0 Å². The SMILES string of the molecule is Cc1cc(-c2ccccc2)ccc1-c1c2ccc(C#N)cc2cc[n+]1C. The molecule has 0 amide bonds. The predicted molar refractivity (Wildman–Crippen MR) is 105 cm³/mol. The number of nitriles is 1. The molecule has 0 radical (unpaired) electrons. The summed E-state index contributed by atoms with van der Waals surface area (Å²) >= 11 is 0. The summed E-state index contributed by atoms with van der Waals surface area (Å²) in [5, 5.41) is 11.4. The van der Waals surface area contributed by atoms with Crippen LogP contribution in [0.4, 0.5) is 0 Å². The van der Waals surface area contributed by atoms with Gasteiger partial charge in [0.1, 0.15) is 7.05 Å². The smallest absolute Gasteiger partial charge is 0.200 e. The Labute approximate surface area is 153 Å². The summed E-state index contributed by atoms with van der Waals surface area (Å²) in [6, 6.07) is 27.2. The van der Waals surface area contributed by atoms with Crippen molar-refractivity contribution in [3.63, 3.8) is 0 Å². The second-order valence-electron chi connectivity index (χ2n) is 6.58. The molecular weight excluding hydrogens is 316 g/mol. The first-order valence-corrected chi connectivity index (χ1v) is 8.66. The van der Waals surface area contributed by atoms with Crippen LogP contribution in [-0.2, 0) is 7.05 Å². The van der Waals surface area contributed by atoms with Crippen molar-refractivity contribution < 1.29 is 4.57 Å². The zero-order valence-electron chi connectivity index (χ0n) is 14.9. The first kappa shape index (κ1) is 16.1. The molecule has 26 heavy (non-hydrogen) atoms. The van der Waals surface area contributed by atoms with E-state index in [2.05, 4.69) is 79.3 Å². The minimum atomic E-state index is 0.688. The van der Waals surface area contributed by atoms with Gasteiger partial charge in [0, 0.05) is 11.6 Å². The third kappa shape index (κ3) is 2.74. The minimum absolute atomic E-state index is 0.688. The Morgan fingerprint density at radius 2 is 1.65 bits per heavy atom. The Bertz CT molecular complexity index is 1150. The number of hydrogen-bond acceptors (Lipinski definition) is 1. The van der Waals surface area contributed by atoms with Crippen molar-refractivity contribution in [1.82, 2.24) is 0 Å². The van der Waals surface area contributed by atoms with Crippen molar-refractivity contribution in [1.29, 1.82) is 5.26 Å². The largest absolute Gasteiger partial charge is 0.220 e. The predicted octanol–water partition coefficient (Wildman–Crippen LogP) is 5.18. The Morgan fingerprint density at radius 1 is 0.846 bits per heavy atom. The average molecular weight is 335 g/mol. The van der Waals surface area contributed by atoms with Crippen molar-refractivity contribution in [3.8, 4) is 28.5 Å². The van der Waals surface area contributed by atoms with E-state index in [-0.39, 0.29) is 0 Å². The van der Waals surface area contributed by atoms with Crippen molar-refractivity contribution in [3.05, 3.63) is 90.1 Å². The van der Waals surface area contributed by atoms with Gasteiger partial charge in [-0.1, -0.05) is 42.5 Å². The van der Waals surface area contributed by atoms with E-state index in [1.807, 2.05) is 24.3 Å². The number of pyridine rings is 1. The molecule has 0 atom stereocenters. The van der Waals surface area contributed by atoms with Gasteiger partial charge in [-0.15, -0.1) is 0 Å². The Morgan fingerprint density at radius 3 is 2.38 bits per heavy atom. The average Bonchev–Trinajstić information content (AvgIpc) is 2.69. The molecule has 3 aromatic carbocycles. The summed E-state index contributed by atoms with van der Waals surface area (Å²) in [5.41, 5.74) is 6.75. The molecule has 2 nitrogen and oxygen atoms in total. The summed E-state index contributed by atoms with van der Waals surface area (Å²) < 4.78 is 2.15. The lowest BCUT2D eigenvalue weighted by Crippen LogP contribution is -2.30. The van der Waals surface area contributed by atoms with E-state index < -0.39 is 0 Å². The number of aromatic nitrogens is 1. The van der Waals surface area contributed by atoms with E-state index in [0.29, 0.717) is 5.56 Å². The molecule has 0 aliphatic rings.